The molecule has 25 heavy (non-hydrogen) atoms. The number of fused-ring (bicyclic) bond motifs is 3. The Morgan fingerprint density at radius 2 is 2.12 bits per heavy atom. The number of aliphatic hydroxyl groups is 1. The average molecular weight is 430 g/mol. The highest BCUT2D eigenvalue weighted by atomic mass is 79.9. The van der Waals surface area contributed by atoms with Gasteiger partial charge in [0.1, 0.15) is 17.7 Å². The van der Waals surface area contributed by atoms with Crippen LogP contribution in [0.1, 0.15) is 30.0 Å². The molecule has 1 N–H and O–H groups in total. The van der Waals surface area contributed by atoms with Crippen molar-refractivity contribution in [1.29, 1.82) is 0 Å². The molecule has 0 saturated heterocycles. The molecule has 4 rings (SSSR count). The molecule has 0 saturated carbocycles. The number of hydrogen-bond donors (Lipinski definition) is 1. The zero-order valence-corrected chi connectivity index (χ0v) is 15.0. The van der Waals surface area contributed by atoms with Gasteiger partial charge >= 0.3 is 6.61 Å². The van der Waals surface area contributed by atoms with Crippen molar-refractivity contribution in [2.24, 2.45) is 0 Å². The summed E-state index contributed by atoms with van der Waals surface area (Å²) in [6, 6.07) is 9.73. The van der Waals surface area contributed by atoms with E-state index in [2.05, 4.69) is 25.7 Å². The van der Waals surface area contributed by atoms with Crippen molar-refractivity contribution in [2.45, 2.75) is 25.2 Å². The number of halogens is 4. The first kappa shape index (κ1) is 16.8. The monoisotopic (exact) mass is 428 g/mol. The average Bonchev–Trinajstić information content (AvgIpc) is 3.05. The molecule has 4 nitrogen and oxygen atoms in total. The van der Waals surface area contributed by atoms with Gasteiger partial charge in [-0.1, -0.05) is 33.6 Å². The lowest BCUT2D eigenvalue weighted by Crippen LogP contribution is -2.11. The van der Waals surface area contributed by atoms with E-state index in [0.29, 0.717) is 21.9 Å². The Labute approximate surface area is 155 Å². The quantitative estimate of drug-likeness (QED) is 0.631. The number of hydrogen-bond acceptors (Lipinski definition) is 3. The van der Waals surface area contributed by atoms with E-state index < -0.39 is 18.8 Å². The Bertz CT molecular complexity index is 963. The van der Waals surface area contributed by atoms with E-state index in [1.165, 1.54) is 6.07 Å². The number of ether oxygens (including phenoxy) is 1. The van der Waals surface area contributed by atoms with E-state index in [-0.39, 0.29) is 12.2 Å². The minimum atomic E-state index is -2.96. The number of nitrogens with zero attached hydrogens (tertiary/aromatic N) is 2. The summed E-state index contributed by atoms with van der Waals surface area (Å²) in [5.74, 6) is 0.491. The lowest BCUT2D eigenvalue weighted by molar-refractivity contribution is -0.0507. The molecule has 8 heteroatoms. The molecule has 2 aromatic carbocycles. The summed E-state index contributed by atoms with van der Waals surface area (Å²) in [6.45, 7) is -2.96. The minimum absolute atomic E-state index is 0.00407. The zero-order valence-electron chi connectivity index (χ0n) is 12.7. The summed E-state index contributed by atoms with van der Waals surface area (Å²) in [7, 11) is 0. The van der Waals surface area contributed by atoms with Crippen LogP contribution in [0.25, 0.3) is 11.0 Å². The second-order valence-corrected chi connectivity index (χ2v) is 7.09. The van der Waals surface area contributed by atoms with Gasteiger partial charge in [0.25, 0.3) is 0 Å². The highest BCUT2D eigenvalue weighted by molar-refractivity contribution is 9.10. The molecule has 2 heterocycles. The lowest BCUT2D eigenvalue weighted by Gasteiger charge is -2.20. The van der Waals surface area contributed by atoms with Crippen molar-refractivity contribution < 1.29 is 18.6 Å². The SMILES string of the molecule is OC1C[C@H](c2c(Cl)cccc2OC(F)F)n2c1nc1ccc(Br)cc12. The first-order valence-electron chi connectivity index (χ1n) is 7.54. The Balaban J connectivity index is 1.93. The van der Waals surface area contributed by atoms with E-state index in [9.17, 15) is 13.9 Å². The minimum Gasteiger partial charge on any atom is -0.434 e. The summed E-state index contributed by atoms with van der Waals surface area (Å²) in [5, 5.41) is 10.7. The van der Waals surface area contributed by atoms with Crippen molar-refractivity contribution in [3.8, 4) is 5.75 Å². The number of benzene rings is 2. The van der Waals surface area contributed by atoms with E-state index in [0.717, 1.165) is 9.99 Å². The topological polar surface area (TPSA) is 47.3 Å². The van der Waals surface area contributed by atoms with Gasteiger partial charge in [0.2, 0.25) is 0 Å². The van der Waals surface area contributed by atoms with Gasteiger partial charge in [-0.25, -0.2) is 4.98 Å². The fourth-order valence-electron chi connectivity index (χ4n) is 3.36. The third-order valence-corrected chi connectivity index (χ3v) is 5.12. The second-order valence-electron chi connectivity index (χ2n) is 5.77. The van der Waals surface area contributed by atoms with E-state index in [1.807, 2.05) is 22.8 Å². The molecule has 3 aromatic rings. The molecule has 2 atom stereocenters. The molecule has 0 spiro atoms. The zero-order chi connectivity index (χ0) is 17.7. The van der Waals surface area contributed by atoms with Crippen LogP contribution in [0.3, 0.4) is 0 Å². The first-order chi connectivity index (χ1) is 12.0. The largest absolute Gasteiger partial charge is 0.434 e. The Morgan fingerprint density at radius 3 is 2.88 bits per heavy atom. The molecular weight excluding hydrogens is 418 g/mol. The summed E-state index contributed by atoms with van der Waals surface area (Å²) < 4.78 is 32.9. The number of aliphatic hydroxyl groups excluding tert-OH is 1. The third-order valence-electron chi connectivity index (χ3n) is 4.30. The van der Waals surface area contributed by atoms with E-state index in [4.69, 9.17) is 11.6 Å². The Morgan fingerprint density at radius 1 is 1.32 bits per heavy atom. The van der Waals surface area contributed by atoms with Crippen molar-refractivity contribution in [1.82, 2.24) is 9.55 Å². The third kappa shape index (κ3) is 2.80. The van der Waals surface area contributed by atoms with Crippen molar-refractivity contribution in [3.05, 3.63) is 57.3 Å². The predicted octanol–water partition coefficient (Wildman–Crippen LogP) is 5.08. The van der Waals surface area contributed by atoms with Crippen LogP contribution < -0.4 is 4.74 Å². The van der Waals surface area contributed by atoms with Gasteiger partial charge in [0, 0.05) is 21.5 Å². The van der Waals surface area contributed by atoms with Gasteiger partial charge < -0.3 is 14.4 Å². The van der Waals surface area contributed by atoms with Gasteiger partial charge in [-0.2, -0.15) is 8.78 Å². The molecule has 0 bridgehead atoms. The van der Waals surface area contributed by atoms with Crippen LogP contribution in [0.15, 0.2) is 40.9 Å². The number of alkyl halides is 2. The smallest absolute Gasteiger partial charge is 0.387 e. The van der Waals surface area contributed by atoms with Crippen LogP contribution in [0.4, 0.5) is 8.78 Å². The van der Waals surface area contributed by atoms with Gasteiger partial charge in [0.05, 0.1) is 17.1 Å². The molecular formula is C17H12BrClF2N2O2. The van der Waals surface area contributed by atoms with Crippen LogP contribution >= 0.6 is 27.5 Å². The van der Waals surface area contributed by atoms with Crippen LogP contribution in [-0.2, 0) is 0 Å². The second kappa shape index (κ2) is 6.23. The van der Waals surface area contributed by atoms with Gasteiger partial charge in [0.15, 0.2) is 0 Å². The lowest BCUT2D eigenvalue weighted by atomic mass is 10.0. The highest BCUT2D eigenvalue weighted by Crippen LogP contribution is 2.46. The maximum absolute atomic E-state index is 12.8. The summed E-state index contributed by atoms with van der Waals surface area (Å²) >= 11 is 9.73. The summed E-state index contributed by atoms with van der Waals surface area (Å²) in [6.07, 6.45) is -0.527. The Hall–Kier alpha value is -1.70. The molecule has 1 unspecified atom stereocenters. The molecule has 1 aliphatic heterocycles. The molecule has 0 aliphatic carbocycles. The van der Waals surface area contributed by atoms with Crippen molar-refractivity contribution in [2.75, 3.05) is 0 Å². The summed E-state index contributed by atoms with van der Waals surface area (Å²) in [4.78, 5) is 4.47. The number of imidazole rings is 1. The van der Waals surface area contributed by atoms with Crippen LogP contribution in [0, 0.1) is 0 Å². The van der Waals surface area contributed by atoms with Crippen LogP contribution in [-0.4, -0.2) is 21.3 Å². The molecule has 0 fully saturated rings. The fourth-order valence-corrected chi connectivity index (χ4v) is 4.00. The standard InChI is InChI=1S/C17H12BrClF2N2O2/c18-8-4-5-10-11(6-8)23-12(7-13(24)16(23)22-10)15-9(19)2-1-3-14(15)25-17(20)21/h1-6,12-13,17,24H,7H2/t12-,13?/m1/s1. The molecule has 0 amide bonds. The first-order valence-corrected chi connectivity index (χ1v) is 8.71. The highest BCUT2D eigenvalue weighted by Gasteiger charge is 2.36. The molecule has 130 valence electrons. The number of rotatable bonds is 3. The molecule has 1 aromatic heterocycles. The Kier molecular flexibility index (Phi) is 4.17. The number of aromatic nitrogens is 2. The van der Waals surface area contributed by atoms with E-state index >= 15 is 0 Å². The fraction of sp³-hybridized carbons (Fsp3) is 0.235. The van der Waals surface area contributed by atoms with E-state index in [1.54, 1.807) is 12.1 Å². The maximum Gasteiger partial charge on any atom is 0.387 e. The summed E-state index contributed by atoms with van der Waals surface area (Å²) in [5.41, 5.74) is 1.92. The van der Waals surface area contributed by atoms with Crippen LogP contribution in [0.2, 0.25) is 5.02 Å². The molecule has 1 aliphatic rings. The predicted molar refractivity (Wildman–Crippen MR) is 93.2 cm³/mol. The maximum atomic E-state index is 12.8. The van der Waals surface area contributed by atoms with Gasteiger partial charge in [-0.15, -0.1) is 0 Å². The van der Waals surface area contributed by atoms with Crippen molar-refractivity contribution >= 4 is 38.6 Å². The van der Waals surface area contributed by atoms with Crippen molar-refractivity contribution in [3.63, 3.8) is 0 Å². The molecule has 0 radical (unpaired) electrons. The van der Waals surface area contributed by atoms with Crippen LogP contribution in [0.5, 0.6) is 5.75 Å². The van der Waals surface area contributed by atoms with Gasteiger partial charge in [-0.05, 0) is 30.3 Å². The van der Waals surface area contributed by atoms with Gasteiger partial charge in [-0.3, -0.25) is 0 Å². The normalized spacial score (nSPS) is 19.6.